The molecule has 1 amide bonds. The fraction of sp³-hybridized carbons (Fsp3) is 0.462. The fourth-order valence-corrected chi connectivity index (χ4v) is 1.84. The van der Waals surface area contributed by atoms with Crippen LogP contribution in [0.15, 0.2) is 24.3 Å². The van der Waals surface area contributed by atoms with Gasteiger partial charge in [0.05, 0.1) is 6.54 Å². The highest BCUT2D eigenvalue weighted by Crippen LogP contribution is 2.25. The monoisotopic (exact) mass is 234 g/mol. The predicted octanol–water partition coefficient (Wildman–Crippen LogP) is 1.88. The molecule has 1 aromatic carbocycles. The molecule has 1 aromatic rings. The number of hydrogen-bond acceptors (Lipinski definition) is 3. The van der Waals surface area contributed by atoms with Crippen LogP contribution in [0.2, 0.25) is 0 Å². The lowest BCUT2D eigenvalue weighted by atomic mass is 9.85. The van der Waals surface area contributed by atoms with E-state index in [9.17, 15) is 4.79 Å². The van der Waals surface area contributed by atoms with Crippen LogP contribution >= 0.6 is 0 Å². The quantitative estimate of drug-likeness (QED) is 0.868. The summed E-state index contributed by atoms with van der Waals surface area (Å²) in [5.41, 5.74) is 7.75. The SMILES string of the molecule is CC(C)(CN)c1ccc(N2CCOC2=O)cc1. The molecule has 0 aromatic heterocycles. The van der Waals surface area contributed by atoms with Crippen LogP contribution in [-0.2, 0) is 10.2 Å². The van der Waals surface area contributed by atoms with Gasteiger partial charge in [-0.3, -0.25) is 4.90 Å². The molecule has 0 aliphatic carbocycles. The second-order valence-corrected chi connectivity index (χ2v) is 4.90. The lowest BCUT2D eigenvalue weighted by Crippen LogP contribution is -2.28. The Morgan fingerprint density at radius 2 is 2.00 bits per heavy atom. The Bertz CT molecular complexity index is 412. The highest BCUT2D eigenvalue weighted by molar-refractivity contribution is 5.89. The van der Waals surface area contributed by atoms with Gasteiger partial charge in [-0.15, -0.1) is 0 Å². The molecule has 0 atom stereocenters. The Balaban J connectivity index is 2.21. The summed E-state index contributed by atoms with van der Waals surface area (Å²) in [5.74, 6) is 0. The summed E-state index contributed by atoms with van der Waals surface area (Å²) < 4.78 is 4.91. The standard InChI is InChI=1S/C13H18N2O2/c1-13(2,9-14)10-3-5-11(6-4-10)15-7-8-17-12(15)16/h3-6H,7-9,14H2,1-2H3. The van der Waals surface area contributed by atoms with Crippen molar-refractivity contribution in [2.45, 2.75) is 19.3 Å². The van der Waals surface area contributed by atoms with Crippen molar-refractivity contribution < 1.29 is 9.53 Å². The van der Waals surface area contributed by atoms with Crippen LogP contribution in [0.25, 0.3) is 0 Å². The maximum Gasteiger partial charge on any atom is 0.414 e. The van der Waals surface area contributed by atoms with E-state index in [4.69, 9.17) is 10.5 Å². The van der Waals surface area contributed by atoms with Crippen LogP contribution in [0.3, 0.4) is 0 Å². The Morgan fingerprint density at radius 1 is 1.35 bits per heavy atom. The topological polar surface area (TPSA) is 55.6 Å². The van der Waals surface area contributed by atoms with Crippen LogP contribution in [0.4, 0.5) is 10.5 Å². The first-order valence-electron chi connectivity index (χ1n) is 5.79. The number of rotatable bonds is 3. The van der Waals surface area contributed by atoms with Crippen molar-refractivity contribution in [1.82, 2.24) is 0 Å². The highest BCUT2D eigenvalue weighted by atomic mass is 16.6. The summed E-state index contributed by atoms with van der Waals surface area (Å²) in [6.07, 6.45) is -0.268. The molecule has 17 heavy (non-hydrogen) atoms. The average molecular weight is 234 g/mol. The minimum absolute atomic E-state index is 0.0377. The van der Waals surface area contributed by atoms with Gasteiger partial charge in [0.2, 0.25) is 0 Å². The summed E-state index contributed by atoms with van der Waals surface area (Å²) in [4.78, 5) is 13.0. The smallest absolute Gasteiger partial charge is 0.414 e. The Labute approximate surface area is 101 Å². The number of anilines is 1. The number of nitrogens with zero attached hydrogens (tertiary/aromatic N) is 1. The summed E-state index contributed by atoms with van der Waals surface area (Å²) in [7, 11) is 0. The second-order valence-electron chi connectivity index (χ2n) is 4.90. The summed E-state index contributed by atoms with van der Waals surface area (Å²) >= 11 is 0. The van der Waals surface area contributed by atoms with Crippen molar-refractivity contribution in [3.05, 3.63) is 29.8 Å². The lowest BCUT2D eigenvalue weighted by molar-refractivity contribution is 0.181. The number of hydrogen-bond donors (Lipinski definition) is 1. The van der Waals surface area contributed by atoms with E-state index in [0.29, 0.717) is 19.7 Å². The molecule has 2 N–H and O–H groups in total. The van der Waals surface area contributed by atoms with Crippen molar-refractivity contribution >= 4 is 11.8 Å². The molecule has 0 bridgehead atoms. The first-order chi connectivity index (χ1) is 8.04. The third kappa shape index (κ3) is 2.26. The van der Waals surface area contributed by atoms with Crippen LogP contribution in [0.1, 0.15) is 19.4 Å². The molecular formula is C13H18N2O2. The molecule has 0 unspecified atom stereocenters. The molecule has 1 fully saturated rings. The van der Waals surface area contributed by atoms with E-state index in [1.165, 1.54) is 5.56 Å². The van der Waals surface area contributed by atoms with Crippen molar-refractivity contribution in [1.29, 1.82) is 0 Å². The molecule has 1 aliphatic heterocycles. The molecule has 0 saturated carbocycles. The van der Waals surface area contributed by atoms with E-state index in [1.807, 2.05) is 24.3 Å². The van der Waals surface area contributed by atoms with Gasteiger partial charge < -0.3 is 10.5 Å². The molecule has 4 heteroatoms. The van der Waals surface area contributed by atoms with Crippen molar-refractivity contribution in [3.8, 4) is 0 Å². The summed E-state index contributed by atoms with van der Waals surface area (Å²) in [6.45, 7) is 5.89. The number of ether oxygens (including phenoxy) is 1. The van der Waals surface area contributed by atoms with Gasteiger partial charge in [0.15, 0.2) is 0 Å². The van der Waals surface area contributed by atoms with Gasteiger partial charge in [-0.2, -0.15) is 0 Å². The van der Waals surface area contributed by atoms with Gasteiger partial charge in [-0.1, -0.05) is 26.0 Å². The van der Waals surface area contributed by atoms with E-state index >= 15 is 0 Å². The molecular weight excluding hydrogens is 216 g/mol. The zero-order valence-corrected chi connectivity index (χ0v) is 10.3. The van der Waals surface area contributed by atoms with E-state index in [0.717, 1.165) is 5.69 Å². The zero-order chi connectivity index (χ0) is 12.5. The fourth-order valence-electron chi connectivity index (χ4n) is 1.84. The van der Waals surface area contributed by atoms with E-state index in [1.54, 1.807) is 4.90 Å². The maximum atomic E-state index is 11.4. The highest BCUT2D eigenvalue weighted by Gasteiger charge is 2.24. The molecule has 4 nitrogen and oxygen atoms in total. The molecule has 0 spiro atoms. The van der Waals surface area contributed by atoms with Crippen LogP contribution in [0.5, 0.6) is 0 Å². The molecule has 1 aliphatic rings. The first kappa shape index (κ1) is 11.9. The molecule has 1 heterocycles. The lowest BCUT2D eigenvalue weighted by Gasteiger charge is -2.23. The van der Waals surface area contributed by atoms with Gasteiger partial charge in [0.1, 0.15) is 6.61 Å². The molecule has 92 valence electrons. The van der Waals surface area contributed by atoms with Crippen LogP contribution < -0.4 is 10.6 Å². The third-order valence-corrected chi connectivity index (χ3v) is 3.23. The van der Waals surface area contributed by atoms with Gasteiger partial charge in [0, 0.05) is 17.6 Å². The normalized spacial score (nSPS) is 16.2. The first-order valence-corrected chi connectivity index (χ1v) is 5.79. The van der Waals surface area contributed by atoms with Crippen molar-refractivity contribution in [2.24, 2.45) is 5.73 Å². The van der Waals surface area contributed by atoms with Gasteiger partial charge in [-0.05, 0) is 17.7 Å². The number of amides is 1. The Hall–Kier alpha value is -1.55. The van der Waals surface area contributed by atoms with E-state index < -0.39 is 0 Å². The van der Waals surface area contributed by atoms with Crippen molar-refractivity contribution in [3.63, 3.8) is 0 Å². The summed E-state index contributed by atoms with van der Waals surface area (Å²) in [5, 5.41) is 0. The predicted molar refractivity (Wildman–Crippen MR) is 67.2 cm³/mol. The molecule has 2 rings (SSSR count). The summed E-state index contributed by atoms with van der Waals surface area (Å²) in [6, 6.07) is 7.93. The van der Waals surface area contributed by atoms with E-state index in [-0.39, 0.29) is 11.5 Å². The number of nitrogens with two attached hydrogens (primary N) is 1. The molecule has 0 radical (unpaired) electrons. The van der Waals surface area contributed by atoms with Crippen LogP contribution in [-0.4, -0.2) is 25.8 Å². The Kier molecular flexibility index (Phi) is 3.07. The number of carbonyl (C=O) groups excluding carboxylic acids is 1. The van der Waals surface area contributed by atoms with Gasteiger partial charge >= 0.3 is 6.09 Å². The largest absolute Gasteiger partial charge is 0.447 e. The van der Waals surface area contributed by atoms with Crippen molar-refractivity contribution in [2.75, 3.05) is 24.6 Å². The number of benzene rings is 1. The third-order valence-electron chi connectivity index (χ3n) is 3.23. The van der Waals surface area contributed by atoms with Gasteiger partial charge in [-0.25, -0.2) is 4.79 Å². The average Bonchev–Trinajstić information content (AvgIpc) is 2.76. The minimum Gasteiger partial charge on any atom is -0.447 e. The van der Waals surface area contributed by atoms with Crippen LogP contribution in [0, 0.1) is 0 Å². The second kappa shape index (κ2) is 4.37. The maximum absolute atomic E-state index is 11.4. The minimum atomic E-state index is -0.268. The number of cyclic esters (lactones) is 1. The zero-order valence-electron chi connectivity index (χ0n) is 10.3. The molecule has 1 saturated heterocycles. The number of carbonyl (C=O) groups is 1. The van der Waals surface area contributed by atoms with Gasteiger partial charge in [0.25, 0.3) is 0 Å². The van der Waals surface area contributed by atoms with E-state index in [2.05, 4.69) is 13.8 Å². The Morgan fingerprint density at radius 3 is 2.47 bits per heavy atom.